The monoisotopic (exact) mass is 264 g/mol. The molecule has 1 amide bonds. The number of nitrogens with zero attached hydrogens (tertiary/aromatic N) is 2. The van der Waals surface area contributed by atoms with Crippen molar-refractivity contribution in [3.05, 3.63) is 34.8 Å². The van der Waals surface area contributed by atoms with Crippen LogP contribution in [0.15, 0.2) is 33.5 Å². The van der Waals surface area contributed by atoms with E-state index in [1.54, 1.807) is 24.3 Å². The number of aromatic nitrogens is 1. The number of carboxylic acids is 1. The summed E-state index contributed by atoms with van der Waals surface area (Å²) in [5.41, 5.74) is 0.894. The number of benzene rings is 1. The Morgan fingerprint density at radius 3 is 2.74 bits per heavy atom. The first kappa shape index (κ1) is 12.9. The van der Waals surface area contributed by atoms with Gasteiger partial charge in [-0.25, -0.2) is 4.79 Å². The maximum Gasteiger partial charge on any atom is 0.420 e. The molecule has 7 heteroatoms. The van der Waals surface area contributed by atoms with Gasteiger partial charge in [-0.15, -0.1) is 0 Å². The summed E-state index contributed by atoms with van der Waals surface area (Å²) in [6.07, 6.45) is 0. The van der Waals surface area contributed by atoms with Crippen molar-refractivity contribution >= 4 is 23.0 Å². The minimum absolute atomic E-state index is 0.250. The second-order valence-corrected chi connectivity index (χ2v) is 4.07. The SMILES string of the molecule is CN(CC(=O)O)C(=O)Cn1c(=O)oc2ccccc21. The van der Waals surface area contributed by atoms with Gasteiger partial charge in [-0.1, -0.05) is 12.1 Å². The molecule has 0 bridgehead atoms. The molecule has 2 rings (SSSR count). The van der Waals surface area contributed by atoms with E-state index >= 15 is 0 Å². The van der Waals surface area contributed by atoms with E-state index in [2.05, 4.69) is 0 Å². The Kier molecular flexibility index (Phi) is 3.37. The number of amides is 1. The van der Waals surface area contributed by atoms with Crippen LogP contribution < -0.4 is 5.76 Å². The minimum atomic E-state index is -1.11. The van der Waals surface area contributed by atoms with Gasteiger partial charge in [-0.3, -0.25) is 14.2 Å². The molecule has 1 aromatic heterocycles. The van der Waals surface area contributed by atoms with Crippen molar-refractivity contribution in [1.82, 2.24) is 9.47 Å². The van der Waals surface area contributed by atoms with Gasteiger partial charge in [-0.2, -0.15) is 0 Å². The smallest absolute Gasteiger partial charge is 0.420 e. The number of fused-ring (bicyclic) bond motifs is 1. The van der Waals surface area contributed by atoms with Gasteiger partial charge in [-0.05, 0) is 12.1 Å². The van der Waals surface area contributed by atoms with Crippen LogP contribution in [0, 0.1) is 0 Å². The molecule has 0 atom stereocenters. The molecule has 1 aromatic carbocycles. The zero-order chi connectivity index (χ0) is 14.0. The molecule has 0 saturated heterocycles. The topological polar surface area (TPSA) is 92.8 Å². The summed E-state index contributed by atoms with van der Waals surface area (Å²) in [5, 5.41) is 8.60. The normalized spacial score (nSPS) is 10.6. The van der Waals surface area contributed by atoms with Crippen LogP contribution in [-0.2, 0) is 16.1 Å². The summed E-state index contributed by atoms with van der Waals surface area (Å²) in [5.74, 6) is -2.23. The molecule has 2 aromatic rings. The van der Waals surface area contributed by atoms with Gasteiger partial charge in [0.05, 0.1) is 5.52 Å². The number of likely N-dealkylation sites (N-methyl/N-ethyl adjacent to an activating group) is 1. The molecule has 1 N–H and O–H groups in total. The first-order chi connectivity index (χ1) is 8.99. The number of para-hydroxylation sites is 2. The van der Waals surface area contributed by atoms with E-state index < -0.39 is 24.2 Å². The lowest BCUT2D eigenvalue weighted by atomic mass is 10.3. The van der Waals surface area contributed by atoms with Crippen molar-refractivity contribution in [3.8, 4) is 0 Å². The highest BCUT2D eigenvalue weighted by Crippen LogP contribution is 2.11. The van der Waals surface area contributed by atoms with Gasteiger partial charge in [0.2, 0.25) is 5.91 Å². The lowest BCUT2D eigenvalue weighted by Gasteiger charge is -2.14. The van der Waals surface area contributed by atoms with Crippen LogP contribution in [0.5, 0.6) is 0 Å². The molecule has 0 aliphatic rings. The first-order valence-corrected chi connectivity index (χ1v) is 5.53. The van der Waals surface area contributed by atoms with Gasteiger partial charge >= 0.3 is 11.7 Å². The van der Waals surface area contributed by atoms with Gasteiger partial charge in [0.1, 0.15) is 13.1 Å². The molecule has 1 heterocycles. The molecule has 0 aliphatic heterocycles. The van der Waals surface area contributed by atoms with Gasteiger partial charge in [0, 0.05) is 7.05 Å². The summed E-state index contributed by atoms with van der Waals surface area (Å²) in [7, 11) is 1.36. The molecule has 0 aliphatic carbocycles. The number of hydrogen-bond donors (Lipinski definition) is 1. The van der Waals surface area contributed by atoms with E-state index in [9.17, 15) is 14.4 Å². The van der Waals surface area contributed by atoms with Crippen molar-refractivity contribution in [1.29, 1.82) is 0 Å². The number of carbonyl (C=O) groups is 2. The summed E-state index contributed by atoms with van der Waals surface area (Å²) >= 11 is 0. The number of rotatable bonds is 4. The second kappa shape index (κ2) is 4.97. The Morgan fingerprint density at radius 1 is 1.37 bits per heavy atom. The number of carbonyl (C=O) groups excluding carboxylic acids is 1. The zero-order valence-corrected chi connectivity index (χ0v) is 10.2. The quantitative estimate of drug-likeness (QED) is 0.847. The molecule has 19 heavy (non-hydrogen) atoms. The van der Waals surface area contributed by atoms with Crippen molar-refractivity contribution in [2.45, 2.75) is 6.54 Å². The number of aliphatic carboxylic acids is 1. The third kappa shape index (κ3) is 2.65. The average Bonchev–Trinajstić information content (AvgIpc) is 2.65. The summed E-state index contributed by atoms with van der Waals surface area (Å²) in [4.78, 5) is 35.0. The van der Waals surface area contributed by atoms with Crippen LogP contribution in [0.2, 0.25) is 0 Å². The highest BCUT2D eigenvalue weighted by molar-refractivity contribution is 5.82. The van der Waals surface area contributed by atoms with E-state index in [1.165, 1.54) is 11.6 Å². The largest absolute Gasteiger partial charge is 0.480 e. The Labute approximate surface area is 107 Å². The summed E-state index contributed by atoms with van der Waals surface area (Å²) < 4.78 is 6.16. The van der Waals surface area contributed by atoms with Crippen molar-refractivity contribution in [2.24, 2.45) is 0 Å². The Balaban J connectivity index is 2.26. The molecule has 7 nitrogen and oxygen atoms in total. The van der Waals surface area contributed by atoms with E-state index in [-0.39, 0.29) is 6.54 Å². The minimum Gasteiger partial charge on any atom is -0.480 e. The predicted octanol–water partition coefficient (Wildman–Crippen LogP) is 0.137. The van der Waals surface area contributed by atoms with Crippen LogP contribution in [0.3, 0.4) is 0 Å². The molecule has 0 saturated carbocycles. The predicted molar refractivity (Wildman–Crippen MR) is 65.7 cm³/mol. The fraction of sp³-hybridized carbons (Fsp3) is 0.250. The van der Waals surface area contributed by atoms with Crippen LogP contribution in [0.25, 0.3) is 11.1 Å². The third-order valence-electron chi connectivity index (χ3n) is 2.67. The highest BCUT2D eigenvalue weighted by Gasteiger charge is 2.16. The average molecular weight is 264 g/mol. The zero-order valence-electron chi connectivity index (χ0n) is 10.2. The van der Waals surface area contributed by atoms with Crippen LogP contribution in [0.1, 0.15) is 0 Å². The first-order valence-electron chi connectivity index (χ1n) is 5.53. The van der Waals surface area contributed by atoms with Crippen molar-refractivity contribution in [2.75, 3.05) is 13.6 Å². The van der Waals surface area contributed by atoms with Gasteiger partial charge in [0.15, 0.2) is 5.58 Å². The fourth-order valence-corrected chi connectivity index (χ4v) is 1.71. The van der Waals surface area contributed by atoms with Crippen LogP contribution in [0.4, 0.5) is 0 Å². The maximum absolute atomic E-state index is 11.8. The Bertz CT molecular complexity index is 685. The van der Waals surface area contributed by atoms with E-state index in [1.807, 2.05) is 0 Å². The molecule has 0 unspecified atom stereocenters. The molecule has 0 radical (unpaired) electrons. The maximum atomic E-state index is 11.8. The lowest BCUT2D eigenvalue weighted by Crippen LogP contribution is -2.36. The summed E-state index contributed by atoms with van der Waals surface area (Å²) in [6, 6.07) is 6.72. The van der Waals surface area contributed by atoms with Crippen LogP contribution >= 0.6 is 0 Å². The third-order valence-corrected chi connectivity index (χ3v) is 2.67. The lowest BCUT2D eigenvalue weighted by molar-refractivity contribution is -0.143. The standard InChI is InChI=1S/C12H12N2O5/c1-13(7-11(16)17)10(15)6-14-8-4-2-3-5-9(8)19-12(14)18/h2-5H,6-7H2,1H3,(H,16,17). The molecule has 0 spiro atoms. The van der Waals surface area contributed by atoms with E-state index in [0.29, 0.717) is 11.1 Å². The number of hydrogen-bond acceptors (Lipinski definition) is 4. The van der Waals surface area contributed by atoms with E-state index in [4.69, 9.17) is 9.52 Å². The van der Waals surface area contributed by atoms with Gasteiger partial charge < -0.3 is 14.4 Å². The van der Waals surface area contributed by atoms with Crippen molar-refractivity contribution < 1.29 is 19.1 Å². The van der Waals surface area contributed by atoms with Crippen molar-refractivity contribution in [3.63, 3.8) is 0 Å². The molecular weight excluding hydrogens is 252 g/mol. The summed E-state index contributed by atoms with van der Waals surface area (Å²) in [6.45, 7) is -0.664. The van der Waals surface area contributed by atoms with Gasteiger partial charge in [0.25, 0.3) is 0 Å². The highest BCUT2D eigenvalue weighted by atomic mass is 16.4. The molecular formula is C12H12N2O5. The number of oxazole rings is 1. The number of carboxylic acid groups (broad SMARTS) is 1. The Morgan fingerprint density at radius 2 is 2.05 bits per heavy atom. The molecule has 0 fully saturated rings. The van der Waals surface area contributed by atoms with E-state index in [0.717, 1.165) is 4.90 Å². The fourth-order valence-electron chi connectivity index (χ4n) is 1.71. The van der Waals surface area contributed by atoms with Crippen LogP contribution in [-0.4, -0.2) is 40.0 Å². The second-order valence-electron chi connectivity index (χ2n) is 4.07. The molecule has 100 valence electrons. The Hall–Kier alpha value is -2.57.